The summed E-state index contributed by atoms with van der Waals surface area (Å²) in [4.78, 5) is 13.5. The van der Waals surface area contributed by atoms with E-state index in [4.69, 9.17) is 16.0 Å². The van der Waals surface area contributed by atoms with E-state index < -0.39 is 29.0 Å². The smallest absolute Gasteiger partial charge is 0.247 e. The molecule has 0 spiro atoms. The Morgan fingerprint density at radius 1 is 1.11 bits per heavy atom. The minimum Gasteiger partial charge on any atom is -0.419 e. The fraction of sp³-hybridized carbons (Fsp3) is 0.167. The van der Waals surface area contributed by atoms with Crippen molar-refractivity contribution in [1.82, 2.24) is 15.1 Å². The Bertz CT molecular complexity index is 995. The molecule has 3 aromatic rings. The number of carbonyl (C=O) groups is 1. The summed E-state index contributed by atoms with van der Waals surface area (Å²) >= 11 is 5.83. The van der Waals surface area contributed by atoms with E-state index in [1.807, 2.05) is 0 Å². The van der Waals surface area contributed by atoms with Gasteiger partial charge in [-0.15, -0.1) is 10.2 Å². The zero-order valence-electron chi connectivity index (χ0n) is 14.5. The molecule has 10 heteroatoms. The highest BCUT2D eigenvalue weighted by atomic mass is 35.5. The van der Waals surface area contributed by atoms with Crippen molar-refractivity contribution in [2.75, 3.05) is 18.9 Å². The molecular weight excluding hydrogens is 397 g/mol. The Balaban J connectivity index is 1.58. The van der Waals surface area contributed by atoms with Crippen molar-refractivity contribution in [3.8, 4) is 11.5 Å². The number of amides is 1. The fourth-order valence-corrected chi connectivity index (χ4v) is 2.50. The first-order valence-electron chi connectivity index (χ1n) is 8.03. The van der Waals surface area contributed by atoms with Gasteiger partial charge in [0.25, 0.3) is 0 Å². The number of anilines is 1. The minimum absolute atomic E-state index is 0.147. The van der Waals surface area contributed by atoms with Crippen molar-refractivity contribution in [2.45, 2.75) is 6.54 Å². The van der Waals surface area contributed by atoms with Crippen molar-refractivity contribution >= 4 is 23.2 Å². The first-order valence-corrected chi connectivity index (χ1v) is 8.41. The third kappa shape index (κ3) is 4.68. The van der Waals surface area contributed by atoms with E-state index in [0.29, 0.717) is 16.5 Å². The van der Waals surface area contributed by atoms with Crippen LogP contribution in [-0.4, -0.2) is 34.6 Å². The number of rotatable bonds is 6. The van der Waals surface area contributed by atoms with Crippen molar-refractivity contribution in [2.24, 2.45) is 0 Å². The van der Waals surface area contributed by atoms with Crippen LogP contribution in [0.5, 0.6) is 0 Å². The third-order valence-corrected chi connectivity index (χ3v) is 3.94. The van der Waals surface area contributed by atoms with Gasteiger partial charge in [-0.2, -0.15) is 0 Å². The Kier molecular flexibility index (Phi) is 5.96. The van der Waals surface area contributed by atoms with E-state index in [0.717, 1.165) is 12.1 Å². The van der Waals surface area contributed by atoms with Crippen LogP contribution in [0.25, 0.3) is 11.5 Å². The second-order valence-electron chi connectivity index (χ2n) is 5.95. The molecule has 0 saturated carbocycles. The number of halogens is 4. The number of carbonyl (C=O) groups excluding carboxylic acids is 1. The first kappa shape index (κ1) is 19.8. The van der Waals surface area contributed by atoms with Gasteiger partial charge in [-0.3, -0.25) is 9.69 Å². The van der Waals surface area contributed by atoms with Crippen LogP contribution in [0.1, 0.15) is 5.89 Å². The summed E-state index contributed by atoms with van der Waals surface area (Å²) in [6.45, 7) is -0.0225. The molecule has 2 aromatic carbocycles. The molecule has 0 aliphatic heterocycles. The number of hydrogen-bond donors (Lipinski definition) is 1. The van der Waals surface area contributed by atoms with Gasteiger partial charge in [0, 0.05) is 10.6 Å². The molecule has 0 saturated heterocycles. The summed E-state index contributed by atoms with van der Waals surface area (Å²) in [5, 5.41) is 10.6. The number of nitrogens with zero attached hydrogens (tertiary/aromatic N) is 3. The normalized spacial score (nSPS) is 11.1. The lowest BCUT2D eigenvalue weighted by Crippen LogP contribution is -2.30. The topological polar surface area (TPSA) is 71.3 Å². The number of hydrogen-bond acceptors (Lipinski definition) is 5. The van der Waals surface area contributed by atoms with Crippen LogP contribution in [0, 0.1) is 17.5 Å². The number of likely N-dealkylation sites (N-methyl/N-ethyl adjacent to an activating group) is 1. The van der Waals surface area contributed by atoms with Crippen LogP contribution < -0.4 is 5.32 Å². The summed E-state index contributed by atoms with van der Waals surface area (Å²) in [6, 6.07) is 8.51. The standard InChI is InChI=1S/C18H14ClF3N4O2/c1-26(8-14(27)23-13-7-6-12(20)16(21)17(13)22)9-15-24-25-18(28-15)10-2-4-11(19)5-3-10/h2-7H,8-9H2,1H3,(H,23,27). The second-order valence-corrected chi connectivity index (χ2v) is 6.39. The molecule has 0 radical (unpaired) electrons. The number of nitrogens with one attached hydrogen (secondary N) is 1. The third-order valence-electron chi connectivity index (χ3n) is 3.69. The highest BCUT2D eigenvalue weighted by Gasteiger charge is 2.17. The predicted octanol–water partition coefficient (Wildman–Crippen LogP) is 3.88. The lowest BCUT2D eigenvalue weighted by atomic mass is 10.2. The van der Waals surface area contributed by atoms with Crippen LogP contribution in [0.15, 0.2) is 40.8 Å². The van der Waals surface area contributed by atoms with E-state index in [2.05, 4.69) is 15.5 Å². The molecule has 1 N–H and O–H groups in total. The number of benzene rings is 2. The van der Waals surface area contributed by atoms with Gasteiger partial charge in [0.05, 0.1) is 18.8 Å². The Morgan fingerprint density at radius 2 is 1.82 bits per heavy atom. The number of aromatic nitrogens is 2. The molecule has 0 aliphatic carbocycles. The van der Waals surface area contributed by atoms with Crippen molar-refractivity contribution in [3.05, 3.63) is 64.8 Å². The molecule has 0 unspecified atom stereocenters. The van der Waals surface area contributed by atoms with Gasteiger partial charge < -0.3 is 9.73 Å². The van der Waals surface area contributed by atoms with Gasteiger partial charge in [-0.25, -0.2) is 13.2 Å². The van der Waals surface area contributed by atoms with E-state index >= 15 is 0 Å². The van der Waals surface area contributed by atoms with Crippen LogP contribution >= 0.6 is 11.6 Å². The summed E-state index contributed by atoms with van der Waals surface area (Å²) in [7, 11) is 1.60. The summed E-state index contributed by atoms with van der Waals surface area (Å²) < 4.78 is 45.3. The van der Waals surface area contributed by atoms with Gasteiger partial charge >= 0.3 is 0 Å². The van der Waals surface area contributed by atoms with E-state index in [1.165, 1.54) is 4.90 Å². The summed E-state index contributed by atoms with van der Waals surface area (Å²) in [6.07, 6.45) is 0. The average Bonchev–Trinajstić information content (AvgIpc) is 3.11. The quantitative estimate of drug-likeness (QED) is 0.624. The molecule has 6 nitrogen and oxygen atoms in total. The highest BCUT2D eigenvalue weighted by molar-refractivity contribution is 6.30. The molecule has 146 valence electrons. The highest BCUT2D eigenvalue weighted by Crippen LogP contribution is 2.21. The SMILES string of the molecule is CN(CC(=O)Nc1ccc(F)c(F)c1F)Cc1nnc(-c2ccc(Cl)cc2)o1. The molecule has 3 rings (SSSR count). The Labute approximate surface area is 162 Å². The molecule has 1 aromatic heterocycles. The van der Waals surface area contributed by atoms with Gasteiger partial charge in [0.1, 0.15) is 0 Å². The second kappa shape index (κ2) is 8.41. The van der Waals surface area contributed by atoms with E-state index in [1.54, 1.807) is 31.3 Å². The van der Waals surface area contributed by atoms with Crippen LogP contribution in [0.4, 0.5) is 18.9 Å². The van der Waals surface area contributed by atoms with Gasteiger partial charge in [-0.1, -0.05) is 11.6 Å². The average molecular weight is 411 g/mol. The van der Waals surface area contributed by atoms with Crippen LogP contribution in [0.3, 0.4) is 0 Å². The molecule has 1 heterocycles. The maximum atomic E-state index is 13.6. The first-order chi connectivity index (χ1) is 13.3. The van der Waals surface area contributed by atoms with Gasteiger partial charge in [-0.05, 0) is 43.4 Å². The van der Waals surface area contributed by atoms with Crippen molar-refractivity contribution in [3.63, 3.8) is 0 Å². The van der Waals surface area contributed by atoms with Crippen molar-refractivity contribution in [1.29, 1.82) is 0 Å². The maximum Gasteiger partial charge on any atom is 0.247 e. The zero-order chi connectivity index (χ0) is 20.3. The maximum absolute atomic E-state index is 13.6. The molecule has 0 bridgehead atoms. The fourth-order valence-electron chi connectivity index (χ4n) is 2.37. The van der Waals surface area contributed by atoms with E-state index in [-0.39, 0.29) is 19.0 Å². The van der Waals surface area contributed by atoms with Gasteiger partial charge in [0.2, 0.25) is 17.7 Å². The summed E-state index contributed by atoms with van der Waals surface area (Å²) in [5.74, 6) is -4.50. The molecular formula is C18H14ClF3N4O2. The zero-order valence-corrected chi connectivity index (χ0v) is 15.3. The molecule has 0 aliphatic rings. The molecule has 1 amide bonds. The monoisotopic (exact) mass is 410 g/mol. The van der Waals surface area contributed by atoms with Crippen molar-refractivity contribution < 1.29 is 22.4 Å². The molecule has 0 atom stereocenters. The molecule has 28 heavy (non-hydrogen) atoms. The van der Waals surface area contributed by atoms with Crippen LogP contribution in [0.2, 0.25) is 5.02 Å². The lowest BCUT2D eigenvalue weighted by Gasteiger charge is -2.14. The molecule has 0 fully saturated rings. The summed E-state index contributed by atoms with van der Waals surface area (Å²) in [5.41, 5.74) is 0.248. The Morgan fingerprint density at radius 3 is 2.54 bits per heavy atom. The largest absolute Gasteiger partial charge is 0.419 e. The van der Waals surface area contributed by atoms with Gasteiger partial charge in [0.15, 0.2) is 17.5 Å². The predicted molar refractivity (Wildman–Crippen MR) is 96.0 cm³/mol. The lowest BCUT2D eigenvalue weighted by molar-refractivity contribution is -0.117. The van der Waals surface area contributed by atoms with E-state index in [9.17, 15) is 18.0 Å². The van der Waals surface area contributed by atoms with Crippen LogP contribution in [-0.2, 0) is 11.3 Å². The Hall–Kier alpha value is -2.91. The minimum atomic E-state index is -1.65.